The molecule has 0 spiro atoms. The van der Waals surface area contributed by atoms with Crippen molar-refractivity contribution in [3.63, 3.8) is 0 Å². The maximum absolute atomic E-state index is 10.7. The zero-order valence-electron chi connectivity index (χ0n) is 11.5. The molecule has 0 aromatic heterocycles. The van der Waals surface area contributed by atoms with Crippen LogP contribution in [0.2, 0.25) is 0 Å². The van der Waals surface area contributed by atoms with E-state index in [4.69, 9.17) is 0 Å². The van der Waals surface area contributed by atoms with Gasteiger partial charge in [-0.3, -0.25) is 15.1 Å². The van der Waals surface area contributed by atoms with Crippen LogP contribution in [0, 0.1) is 10.1 Å². The number of aliphatic imine (C=N–C) groups is 1. The number of nitro groups is 1. The summed E-state index contributed by atoms with van der Waals surface area (Å²) in [6.07, 6.45) is 1.64. The van der Waals surface area contributed by atoms with Gasteiger partial charge < -0.3 is 0 Å². The Morgan fingerprint density at radius 2 is 1.85 bits per heavy atom. The number of nitrogens with zero attached hydrogens (tertiary/aromatic N) is 2. The summed E-state index contributed by atoms with van der Waals surface area (Å²) in [6, 6.07) is 14.4. The highest BCUT2D eigenvalue weighted by atomic mass is 16.6. The zero-order chi connectivity index (χ0) is 14.5. The molecule has 4 nitrogen and oxygen atoms in total. The van der Waals surface area contributed by atoms with Crippen molar-refractivity contribution in [2.24, 2.45) is 4.99 Å². The quantitative estimate of drug-likeness (QED) is 0.466. The first-order valence-corrected chi connectivity index (χ1v) is 6.45. The van der Waals surface area contributed by atoms with Crippen LogP contribution in [0.5, 0.6) is 0 Å². The molecule has 0 heterocycles. The molecule has 0 radical (unpaired) electrons. The monoisotopic (exact) mass is 268 g/mol. The van der Waals surface area contributed by atoms with Gasteiger partial charge >= 0.3 is 0 Å². The number of non-ortho nitro benzene ring substituents is 1. The van der Waals surface area contributed by atoms with Gasteiger partial charge in [0.15, 0.2) is 0 Å². The minimum Gasteiger partial charge on any atom is -0.258 e. The molecule has 0 N–H and O–H groups in total. The molecule has 2 aromatic rings. The van der Waals surface area contributed by atoms with Gasteiger partial charge in [0.25, 0.3) is 5.69 Å². The summed E-state index contributed by atoms with van der Waals surface area (Å²) in [5.74, 6) is 0.491. The number of hydrogen-bond donors (Lipinski definition) is 0. The van der Waals surface area contributed by atoms with Gasteiger partial charge in [0.2, 0.25) is 0 Å². The second-order valence-electron chi connectivity index (χ2n) is 4.86. The minimum absolute atomic E-state index is 0.0732. The van der Waals surface area contributed by atoms with Crippen molar-refractivity contribution in [3.05, 3.63) is 69.8 Å². The van der Waals surface area contributed by atoms with Gasteiger partial charge in [0.05, 0.1) is 10.6 Å². The first-order valence-electron chi connectivity index (χ1n) is 6.45. The molecule has 0 aliphatic rings. The average Bonchev–Trinajstić information content (AvgIpc) is 2.46. The Hall–Kier alpha value is -2.49. The van der Waals surface area contributed by atoms with E-state index in [9.17, 15) is 10.1 Å². The predicted molar refractivity (Wildman–Crippen MR) is 80.9 cm³/mol. The molecule has 0 unspecified atom stereocenters. The second kappa shape index (κ2) is 6.10. The van der Waals surface area contributed by atoms with Crippen LogP contribution in [0.1, 0.15) is 30.9 Å². The highest BCUT2D eigenvalue weighted by Gasteiger charge is 2.04. The third-order valence-corrected chi connectivity index (χ3v) is 3.00. The molecule has 0 aliphatic carbocycles. The Labute approximate surface area is 117 Å². The van der Waals surface area contributed by atoms with E-state index >= 15 is 0 Å². The molecular weight excluding hydrogens is 252 g/mol. The Kier molecular flexibility index (Phi) is 4.25. The fourth-order valence-electron chi connectivity index (χ4n) is 1.81. The maximum atomic E-state index is 10.7. The molecule has 0 aliphatic heterocycles. The first-order chi connectivity index (χ1) is 9.56. The summed E-state index contributed by atoms with van der Waals surface area (Å²) < 4.78 is 0. The van der Waals surface area contributed by atoms with Crippen molar-refractivity contribution < 1.29 is 4.92 Å². The lowest BCUT2D eigenvalue weighted by atomic mass is 10.0. The first kappa shape index (κ1) is 13.9. The third kappa shape index (κ3) is 3.51. The van der Waals surface area contributed by atoms with Gasteiger partial charge in [0, 0.05) is 18.3 Å². The molecular formula is C16H16N2O2. The second-order valence-corrected chi connectivity index (χ2v) is 4.86. The highest BCUT2D eigenvalue weighted by Crippen LogP contribution is 2.19. The molecule has 2 aromatic carbocycles. The molecule has 20 heavy (non-hydrogen) atoms. The van der Waals surface area contributed by atoms with E-state index < -0.39 is 4.92 Å². The lowest BCUT2D eigenvalue weighted by Gasteiger charge is -2.04. The summed E-state index contributed by atoms with van der Waals surface area (Å²) >= 11 is 0. The molecule has 0 amide bonds. The van der Waals surface area contributed by atoms with E-state index in [0.717, 1.165) is 5.69 Å². The lowest BCUT2D eigenvalue weighted by molar-refractivity contribution is -0.384. The fourth-order valence-corrected chi connectivity index (χ4v) is 1.81. The van der Waals surface area contributed by atoms with E-state index in [1.807, 2.05) is 24.3 Å². The van der Waals surface area contributed by atoms with Crippen LogP contribution >= 0.6 is 0 Å². The van der Waals surface area contributed by atoms with Crippen LogP contribution in [-0.2, 0) is 0 Å². The van der Waals surface area contributed by atoms with Gasteiger partial charge in [-0.05, 0) is 29.2 Å². The largest absolute Gasteiger partial charge is 0.270 e. The van der Waals surface area contributed by atoms with Crippen molar-refractivity contribution in [3.8, 4) is 0 Å². The molecule has 0 fully saturated rings. The molecule has 102 valence electrons. The van der Waals surface area contributed by atoms with Crippen molar-refractivity contribution >= 4 is 17.6 Å². The standard InChI is InChI=1S/C16H16N2O2/c1-12(2)14-6-8-15(9-7-14)17-11-13-4-3-5-16(10-13)18(19)20/h3-12H,1-2H3. The molecule has 4 heteroatoms. The van der Waals surface area contributed by atoms with Crippen LogP contribution in [0.25, 0.3) is 0 Å². The Morgan fingerprint density at radius 1 is 1.15 bits per heavy atom. The summed E-state index contributed by atoms with van der Waals surface area (Å²) in [6.45, 7) is 4.28. The average molecular weight is 268 g/mol. The van der Waals surface area contributed by atoms with E-state index in [-0.39, 0.29) is 5.69 Å². The maximum Gasteiger partial charge on any atom is 0.270 e. The van der Waals surface area contributed by atoms with Gasteiger partial charge in [0.1, 0.15) is 0 Å². The van der Waals surface area contributed by atoms with Crippen LogP contribution in [0.3, 0.4) is 0 Å². The van der Waals surface area contributed by atoms with Crippen LogP contribution < -0.4 is 0 Å². The van der Waals surface area contributed by atoms with Crippen molar-refractivity contribution in [2.75, 3.05) is 0 Å². The number of nitro benzene ring substituents is 1. The van der Waals surface area contributed by atoms with E-state index in [1.165, 1.54) is 17.7 Å². The van der Waals surface area contributed by atoms with E-state index in [1.54, 1.807) is 18.3 Å². The Balaban J connectivity index is 2.16. The Morgan fingerprint density at radius 3 is 2.45 bits per heavy atom. The zero-order valence-corrected chi connectivity index (χ0v) is 11.5. The predicted octanol–water partition coefficient (Wildman–Crippen LogP) is 4.47. The van der Waals surface area contributed by atoms with Gasteiger partial charge in [-0.25, -0.2) is 0 Å². The van der Waals surface area contributed by atoms with Gasteiger partial charge in [-0.15, -0.1) is 0 Å². The number of rotatable bonds is 4. The lowest BCUT2D eigenvalue weighted by Crippen LogP contribution is -1.89. The Bertz CT molecular complexity index is 631. The fraction of sp³-hybridized carbons (Fsp3) is 0.188. The highest BCUT2D eigenvalue weighted by molar-refractivity contribution is 5.82. The summed E-state index contributed by atoms with van der Waals surface area (Å²) in [4.78, 5) is 14.6. The summed E-state index contributed by atoms with van der Waals surface area (Å²) in [7, 11) is 0. The summed E-state index contributed by atoms with van der Waals surface area (Å²) in [5, 5.41) is 10.7. The smallest absolute Gasteiger partial charge is 0.258 e. The van der Waals surface area contributed by atoms with Gasteiger partial charge in [-0.1, -0.05) is 38.1 Å². The topological polar surface area (TPSA) is 55.5 Å². The third-order valence-electron chi connectivity index (χ3n) is 3.00. The van der Waals surface area contributed by atoms with Crippen molar-refractivity contribution in [2.45, 2.75) is 19.8 Å². The number of benzene rings is 2. The van der Waals surface area contributed by atoms with E-state index in [0.29, 0.717) is 11.5 Å². The van der Waals surface area contributed by atoms with E-state index in [2.05, 4.69) is 18.8 Å². The van der Waals surface area contributed by atoms with Crippen LogP contribution in [0.15, 0.2) is 53.5 Å². The molecule has 2 rings (SSSR count). The molecule has 0 bridgehead atoms. The number of hydrogen-bond acceptors (Lipinski definition) is 3. The normalized spacial score (nSPS) is 11.2. The molecule has 0 saturated heterocycles. The molecule has 0 atom stereocenters. The van der Waals surface area contributed by atoms with Crippen molar-refractivity contribution in [1.29, 1.82) is 0 Å². The van der Waals surface area contributed by atoms with Gasteiger partial charge in [-0.2, -0.15) is 0 Å². The van der Waals surface area contributed by atoms with Crippen molar-refractivity contribution in [1.82, 2.24) is 0 Å². The minimum atomic E-state index is -0.408. The van der Waals surface area contributed by atoms with Crippen LogP contribution in [0.4, 0.5) is 11.4 Å². The SMILES string of the molecule is CC(C)c1ccc(N=Cc2cccc([N+](=O)[O-])c2)cc1. The van der Waals surface area contributed by atoms with Crippen LogP contribution in [-0.4, -0.2) is 11.1 Å². The summed E-state index contributed by atoms with van der Waals surface area (Å²) in [5.41, 5.74) is 2.89. The molecule has 0 saturated carbocycles.